The third-order valence-corrected chi connectivity index (χ3v) is 1.49. The number of hydrogen-bond acceptors (Lipinski definition) is 6. The van der Waals surface area contributed by atoms with Crippen LogP contribution in [0.15, 0.2) is 23.5 Å². The van der Waals surface area contributed by atoms with Crippen molar-refractivity contribution < 1.29 is 17.5 Å². The van der Waals surface area contributed by atoms with Crippen LogP contribution in [0.5, 0.6) is 0 Å². The van der Waals surface area contributed by atoms with Gasteiger partial charge in [0.2, 0.25) is 0 Å². The Kier molecular flexibility index (Phi) is 8.28. The molecule has 0 amide bonds. The van der Waals surface area contributed by atoms with Crippen LogP contribution >= 0.6 is 0 Å². The molecule has 1 rings (SSSR count). The molecule has 0 atom stereocenters. The molecule has 1 aromatic heterocycles. The van der Waals surface area contributed by atoms with E-state index in [1.807, 2.05) is 0 Å². The minimum Gasteiger partial charge on any atom is -0.370 e. The SMILES string of the molecule is NC(N)=NCCNCc1ncccn1.O=S(=O)(O)O. The molecular formula is C8H16N6O4S. The van der Waals surface area contributed by atoms with Gasteiger partial charge in [0, 0.05) is 18.9 Å². The van der Waals surface area contributed by atoms with Gasteiger partial charge in [-0.2, -0.15) is 8.42 Å². The summed E-state index contributed by atoms with van der Waals surface area (Å²) in [6, 6.07) is 1.78. The second-order valence-electron chi connectivity index (χ2n) is 3.10. The second kappa shape index (κ2) is 9.16. The van der Waals surface area contributed by atoms with Crippen LogP contribution < -0.4 is 16.8 Å². The van der Waals surface area contributed by atoms with Gasteiger partial charge < -0.3 is 16.8 Å². The van der Waals surface area contributed by atoms with Gasteiger partial charge in [0.15, 0.2) is 5.96 Å². The Morgan fingerprint density at radius 3 is 2.32 bits per heavy atom. The Bertz CT molecular complexity index is 465. The summed E-state index contributed by atoms with van der Waals surface area (Å²) >= 11 is 0. The molecule has 0 spiro atoms. The van der Waals surface area contributed by atoms with Gasteiger partial charge in [-0.3, -0.25) is 14.1 Å². The van der Waals surface area contributed by atoms with Crippen LogP contribution in [0.3, 0.4) is 0 Å². The van der Waals surface area contributed by atoms with E-state index in [9.17, 15) is 0 Å². The van der Waals surface area contributed by atoms with Crippen LogP contribution in [0.1, 0.15) is 5.82 Å². The van der Waals surface area contributed by atoms with Gasteiger partial charge in [0.1, 0.15) is 5.82 Å². The van der Waals surface area contributed by atoms with Crippen molar-refractivity contribution in [3.63, 3.8) is 0 Å². The van der Waals surface area contributed by atoms with Crippen LogP contribution in [0, 0.1) is 0 Å². The molecule has 11 heteroatoms. The molecule has 19 heavy (non-hydrogen) atoms. The summed E-state index contributed by atoms with van der Waals surface area (Å²) < 4.78 is 31.6. The lowest BCUT2D eigenvalue weighted by atomic mass is 10.5. The zero-order valence-corrected chi connectivity index (χ0v) is 10.8. The van der Waals surface area contributed by atoms with E-state index in [1.54, 1.807) is 18.5 Å². The Hall–Kier alpha value is -1.82. The predicted octanol–water partition coefficient (Wildman–Crippen LogP) is -1.81. The van der Waals surface area contributed by atoms with E-state index in [0.29, 0.717) is 19.6 Å². The summed E-state index contributed by atoms with van der Waals surface area (Å²) in [5.41, 5.74) is 10.3. The largest absolute Gasteiger partial charge is 0.394 e. The second-order valence-corrected chi connectivity index (χ2v) is 3.99. The van der Waals surface area contributed by atoms with Crippen molar-refractivity contribution in [3.8, 4) is 0 Å². The van der Waals surface area contributed by atoms with E-state index in [4.69, 9.17) is 29.0 Å². The highest BCUT2D eigenvalue weighted by Gasteiger charge is 1.92. The van der Waals surface area contributed by atoms with Gasteiger partial charge in [-0.1, -0.05) is 0 Å². The lowest BCUT2D eigenvalue weighted by Gasteiger charge is -2.00. The van der Waals surface area contributed by atoms with E-state index in [2.05, 4.69) is 20.3 Å². The molecule has 0 aliphatic rings. The number of rotatable bonds is 5. The average Bonchev–Trinajstić information content (AvgIpc) is 2.27. The van der Waals surface area contributed by atoms with Crippen LogP contribution in [0.2, 0.25) is 0 Å². The Morgan fingerprint density at radius 2 is 1.84 bits per heavy atom. The number of nitrogens with two attached hydrogens (primary N) is 2. The molecule has 0 unspecified atom stereocenters. The average molecular weight is 292 g/mol. The lowest BCUT2D eigenvalue weighted by molar-refractivity contribution is 0.381. The van der Waals surface area contributed by atoms with E-state index in [1.165, 1.54) is 0 Å². The molecule has 0 saturated heterocycles. The molecule has 0 radical (unpaired) electrons. The summed E-state index contributed by atoms with van der Waals surface area (Å²) in [6.07, 6.45) is 3.42. The topological polar surface area (TPSA) is 177 Å². The van der Waals surface area contributed by atoms with Crippen LogP contribution in [0.25, 0.3) is 0 Å². The number of nitrogens with zero attached hydrogens (tertiary/aromatic N) is 3. The van der Waals surface area contributed by atoms with E-state index < -0.39 is 10.4 Å². The summed E-state index contributed by atoms with van der Waals surface area (Å²) in [6.45, 7) is 1.89. The van der Waals surface area contributed by atoms with E-state index in [-0.39, 0.29) is 5.96 Å². The van der Waals surface area contributed by atoms with Crippen molar-refractivity contribution >= 4 is 16.4 Å². The van der Waals surface area contributed by atoms with Crippen LogP contribution in [0.4, 0.5) is 0 Å². The first-order valence-electron chi connectivity index (χ1n) is 5.01. The number of nitrogens with one attached hydrogen (secondary N) is 1. The van der Waals surface area contributed by atoms with E-state index in [0.717, 1.165) is 5.82 Å². The molecule has 1 heterocycles. The van der Waals surface area contributed by atoms with Gasteiger partial charge in [-0.25, -0.2) is 9.97 Å². The molecule has 0 aliphatic heterocycles. The molecule has 1 aromatic rings. The Morgan fingerprint density at radius 1 is 1.32 bits per heavy atom. The van der Waals surface area contributed by atoms with Crippen molar-refractivity contribution in [3.05, 3.63) is 24.3 Å². The van der Waals surface area contributed by atoms with E-state index >= 15 is 0 Å². The molecular weight excluding hydrogens is 276 g/mol. The quantitative estimate of drug-likeness (QED) is 0.181. The maximum atomic E-state index is 8.74. The fourth-order valence-corrected chi connectivity index (χ4v) is 0.886. The summed E-state index contributed by atoms with van der Waals surface area (Å²) in [7, 11) is -4.67. The van der Waals surface area contributed by atoms with Crippen molar-refractivity contribution in [2.24, 2.45) is 16.5 Å². The first kappa shape index (κ1) is 17.2. The highest BCUT2D eigenvalue weighted by Crippen LogP contribution is 1.85. The molecule has 0 saturated carbocycles. The van der Waals surface area contributed by atoms with Crippen molar-refractivity contribution in [2.75, 3.05) is 13.1 Å². The third-order valence-electron chi connectivity index (χ3n) is 1.49. The lowest BCUT2D eigenvalue weighted by Crippen LogP contribution is -2.25. The molecule has 7 N–H and O–H groups in total. The number of guanidine groups is 1. The standard InChI is InChI=1S/C8H14N6.H2O4S/c9-8(10)14-5-4-11-6-7-12-2-1-3-13-7;1-5(2,3)4/h1-3,11H,4-6H2,(H4,9,10,14);(H2,1,2,3,4). The molecule has 0 fully saturated rings. The monoisotopic (exact) mass is 292 g/mol. The molecule has 10 nitrogen and oxygen atoms in total. The minimum atomic E-state index is -4.67. The molecule has 0 aliphatic carbocycles. The maximum absolute atomic E-state index is 8.74. The first-order chi connectivity index (χ1) is 8.79. The van der Waals surface area contributed by atoms with Gasteiger partial charge >= 0.3 is 10.4 Å². The molecule has 0 aromatic carbocycles. The summed E-state index contributed by atoms with van der Waals surface area (Å²) in [5, 5.41) is 3.11. The summed E-state index contributed by atoms with van der Waals surface area (Å²) in [5.74, 6) is 0.875. The van der Waals surface area contributed by atoms with Gasteiger partial charge in [-0.05, 0) is 6.07 Å². The summed E-state index contributed by atoms with van der Waals surface area (Å²) in [4.78, 5) is 11.9. The normalized spacial score (nSPS) is 10.2. The number of aromatic nitrogens is 2. The smallest absolute Gasteiger partial charge is 0.370 e. The fraction of sp³-hybridized carbons (Fsp3) is 0.375. The van der Waals surface area contributed by atoms with Crippen LogP contribution in [-0.4, -0.2) is 46.5 Å². The Labute approximate surface area is 110 Å². The zero-order chi connectivity index (χ0) is 14.7. The third kappa shape index (κ3) is 16.2. The zero-order valence-electron chi connectivity index (χ0n) is 9.97. The van der Waals surface area contributed by atoms with Crippen molar-refractivity contribution in [2.45, 2.75) is 6.54 Å². The van der Waals surface area contributed by atoms with Gasteiger partial charge in [0.05, 0.1) is 13.1 Å². The van der Waals surface area contributed by atoms with Crippen molar-refractivity contribution in [1.82, 2.24) is 15.3 Å². The number of aliphatic imine (C=N–C) groups is 1. The maximum Gasteiger partial charge on any atom is 0.394 e. The first-order valence-corrected chi connectivity index (χ1v) is 6.40. The van der Waals surface area contributed by atoms with Crippen LogP contribution in [-0.2, 0) is 16.9 Å². The predicted molar refractivity (Wildman–Crippen MR) is 68.6 cm³/mol. The number of hydrogen-bond donors (Lipinski definition) is 5. The van der Waals surface area contributed by atoms with Crippen molar-refractivity contribution in [1.29, 1.82) is 0 Å². The highest BCUT2D eigenvalue weighted by molar-refractivity contribution is 7.79. The van der Waals surface area contributed by atoms with Gasteiger partial charge in [0.25, 0.3) is 0 Å². The highest BCUT2D eigenvalue weighted by atomic mass is 32.3. The molecule has 0 bridgehead atoms. The fourth-order valence-electron chi connectivity index (χ4n) is 0.886. The Balaban J connectivity index is 0.000000555. The molecule has 108 valence electrons. The van der Waals surface area contributed by atoms with Gasteiger partial charge in [-0.15, -0.1) is 0 Å². The minimum absolute atomic E-state index is 0.114.